The van der Waals surface area contributed by atoms with Crippen molar-refractivity contribution in [1.29, 1.82) is 0 Å². The highest BCUT2D eigenvalue weighted by Crippen LogP contribution is 2.35. The lowest BCUT2D eigenvalue weighted by Gasteiger charge is -2.10. The number of thiophene rings is 1. The molecule has 0 bridgehead atoms. The first-order chi connectivity index (χ1) is 9.58. The third-order valence-electron chi connectivity index (χ3n) is 3.30. The van der Waals surface area contributed by atoms with Crippen LogP contribution in [0.1, 0.15) is 27.8 Å². The number of furan rings is 1. The summed E-state index contributed by atoms with van der Waals surface area (Å²) < 4.78 is 7.05. The summed E-state index contributed by atoms with van der Waals surface area (Å²) in [5.74, 6) is 6.56. The van der Waals surface area contributed by atoms with Crippen LogP contribution in [0.3, 0.4) is 0 Å². The fourth-order valence-electron chi connectivity index (χ4n) is 2.26. The van der Waals surface area contributed by atoms with Gasteiger partial charge in [0, 0.05) is 10.3 Å². The second-order valence-corrected chi connectivity index (χ2v) is 7.30. The number of hydrogen-bond donors (Lipinski definition) is 2. The van der Waals surface area contributed by atoms with E-state index in [4.69, 9.17) is 10.3 Å². The van der Waals surface area contributed by atoms with Crippen LogP contribution in [-0.2, 0) is 0 Å². The zero-order chi connectivity index (χ0) is 14.3. The topological polar surface area (TPSA) is 51.2 Å². The lowest BCUT2D eigenvalue weighted by Crippen LogP contribution is -2.27. The zero-order valence-corrected chi connectivity index (χ0v) is 13.6. The summed E-state index contributed by atoms with van der Waals surface area (Å²) >= 11 is 5.22. The van der Waals surface area contributed by atoms with Crippen LogP contribution in [-0.4, -0.2) is 0 Å². The Morgan fingerprint density at radius 2 is 2.05 bits per heavy atom. The number of halogens is 1. The summed E-state index contributed by atoms with van der Waals surface area (Å²) in [7, 11) is 0. The molecule has 0 aliphatic carbocycles. The molecule has 0 aliphatic heterocycles. The molecule has 3 aromatic rings. The van der Waals surface area contributed by atoms with Gasteiger partial charge in [-0.15, -0.1) is 11.3 Å². The highest BCUT2D eigenvalue weighted by atomic mass is 79.9. The van der Waals surface area contributed by atoms with Gasteiger partial charge in [0.05, 0.1) is 3.79 Å². The Bertz CT molecular complexity index is 743. The summed E-state index contributed by atoms with van der Waals surface area (Å²) in [6, 6.07) is 10.2. The van der Waals surface area contributed by atoms with Gasteiger partial charge in [-0.1, -0.05) is 11.6 Å². The third kappa shape index (κ3) is 2.42. The Labute approximate surface area is 129 Å². The largest absolute Gasteiger partial charge is 0.459 e. The molecular formula is C15H15BrN2OS. The van der Waals surface area contributed by atoms with Crippen molar-refractivity contribution in [3.63, 3.8) is 0 Å². The molecule has 1 aromatic carbocycles. The van der Waals surface area contributed by atoms with Crippen molar-refractivity contribution in [3.05, 3.63) is 55.9 Å². The first-order valence-electron chi connectivity index (χ1n) is 6.30. The number of hydrogen-bond acceptors (Lipinski definition) is 4. The van der Waals surface area contributed by atoms with Crippen molar-refractivity contribution in [2.45, 2.75) is 19.9 Å². The number of rotatable bonds is 3. The first kappa shape index (κ1) is 13.8. The molecular weight excluding hydrogens is 336 g/mol. The van der Waals surface area contributed by atoms with Crippen LogP contribution in [0.4, 0.5) is 0 Å². The summed E-state index contributed by atoms with van der Waals surface area (Å²) in [5.41, 5.74) is 6.16. The van der Waals surface area contributed by atoms with E-state index in [0.29, 0.717) is 0 Å². The molecule has 0 spiro atoms. The SMILES string of the molecule is Cc1ccc2oc(C(NN)c3cc(C)c(Br)s3)cc2c1. The normalized spacial score (nSPS) is 13.0. The van der Waals surface area contributed by atoms with E-state index in [9.17, 15) is 0 Å². The maximum Gasteiger partial charge on any atom is 0.134 e. The fourth-order valence-corrected chi connectivity index (χ4v) is 3.90. The van der Waals surface area contributed by atoms with Crippen LogP contribution in [0.15, 0.2) is 38.5 Å². The molecule has 1 atom stereocenters. The molecule has 3 rings (SSSR count). The average molecular weight is 351 g/mol. The molecule has 3 N–H and O–H groups in total. The van der Waals surface area contributed by atoms with Gasteiger partial charge in [0.1, 0.15) is 17.4 Å². The molecule has 0 amide bonds. The first-order valence-corrected chi connectivity index (χ1v) is 7.91. The number of nitrogens with two attached hydrogens (primary N) is 1. The minimum atomic E-state index is -0.127. The van der Waals surface area contributed by atoms with Crippen LogP contribution in [0.2, 0.25) is 0 Å². The summed E-state index contributed by atoms with van der Waals surface area (Å²) in [6.45, 7) is 4.14. The van der Waals surface area contributed by atoms with Crippen molar-refractivity contribution in [2.75, 3.05) is 0 Å². The Kier molecular flexibility index (Phi) is 3.69. The van der Waals surface area contributed by atoms with E-state index < -0.39 is 0 Å². The van der Waals surface area contributed by atoms with E-state index in [1.165, 1.54) is 11.1 Å². The molecule has 0 saturated heterocycles. The molecule has 3 nitrogen and oxygen atoms in total. The monoisotopic (exact) mass is 350 g/mol. The maximum atomic E-state index is 5.93. The molecule has 0 fully saturated rings. The number of nitrogens with one attached hydrogen (secondary N) is 1. The number of fused-ring (bicyclic) bond motifs is 1. The van der Waals surface area contributed by atoms with Crippen LogP contribution in [0, 0.1) is 13.8 Å². The average Bonchev–Trinajstić information content (AvgIpc) is 2.95. The quantitative estimate of drug-likeness (QED) is 0.542. The lowest BCUT2D eigenvalue weighted by molar-refractivity contribution is 0.481. The van der Waals surface area contributed by atoms with Crippen molar-refractivity contribution in [1.82, 2.24) is 5.43 Å². The third-order valence-corrected chi connectivity index (χ3v) is 5.50. The number of aryl methyl sites for hydroxylation is 2. The number of benzene rings is 1. The van der Waals surface area contributed by atoms with Gasteiger partial charge in [0.2, 0.25) is 0 Å². The Morgan fingerprint density at radius 3 is 2.70 bits per heavy atom. The van der Waals surface area contributed by atoms with Crippen molar-refractivity contribution in [2.24, 2.45) is 5.84 Å². The fraction of sp³-hybridized carbons (Fsp3) is 0.200. The minimum absolute atomic E-state index is 0.127. The molecule has 5 heteroatoms. The summed E-state index contributed by atoms with van der Waals surface area (Å²) in [6.07, 6.45) is 0. The van der Waals surface area contributed by atoms with Gasteiger partial charge < -0.3 is 4.42 Å². The van der Waals surface area contributed by atoms with E-state index in [-0.39, 0.29) is 6.04 Å². The van der Waals surface area contributed by atoms with Gasteiger partial charge >= 0.3 is 0 Å². The van der Waals surface area contributed by atoms with Gasteiger partial charge in [-0.3, -0.25) is 5.84 Å². The van der Waals surface area contributed by atoms with Crippen molar-refractivity contribution < 1.29 is 4.42 Å². The van der Waals surface area contributed by atoms with Gasteiger partial charge in [-0.2, -0.15) is 0 Å². The predicted octanol–water partition coefficient (Wildman–Crippen LogP) is 4.43. The van der Waals surface area contributed by atoms with E-state index in [0.717, 1.165) is 25.4 Å². The van der Waals surface area contributed by atoms with E-state index in [1.54, 1.807) is 11.3 Å². The zero-order valence-electron chi connectivity index (χ0n) is 11.2. The highest BCUT2D eigenvalue weighted by molar-refractivity contribution is 9.11. The Hall–Kier alpha value is -1.14. The molecule has 0 saturated carbocycles. The van der Waals surface area contributed by atoms with Crippen LogP contribution < -0.4 is 11.3 Å². The van der Waals surface area contributed by atoms with Crippen LogP contribution in [0.25, 0.3) is 11.0 Å². The van der Waals surface area contributed by atoms with E-state index >= 15 is 0 Å². The molecule has 104 valence electrons. The lowest BCUT2D eigenvalue weighted by atomic mass is 10.1. The molecule has 0 radical (unpaired) electrons. The minimum Gasteiger partial charge on any atom is -0.459 e. The van der Waals surface area contributed by atoms with Gasteiger partial charge in [-0.05, 0) is 59.6 Å². The predicted molar refractivity (Wildman–Crippen MR) is 86.9 cm³/mol. The van der Waals surface area contributed by atoms with Crippen LogP contribution in [0.5, 0.6) is 0 Å². The standard InChI is InChI=1S/C15H15BrN2OS/c1-8-3-4-11-10(5-8)7-12(19-11)14(18-17)13-6-9(2)15(16)20-13/h3-7,14,18H,17H2,1-2H3. The van der Waals surface area contributed by atoms with E-state index in [1.807, 2.05) is 12.1 Å². The molecule has 0 aliphatic rings. The maximum absolute atomic E-state index is 5.93. The van der Waals surface area contributed by atoms with Crippen LogP contribution >= 0.6 is 27.3 Å². The highest BCUT2D eigenvalue weighted by Gasteiger charge is 2.20. The summed E-state index contributed by atoms with van der Waals surface area (Å²) in [4.78, 5) is 1.13. The van der Waals surface area contributed by atoms with Gasteiger partial charge in [-0.25, -0.2) is 5.43 Å². The smallest absolute Gasteiger partial charge is 0.134 e. The molecule has 1 unspecified atom stereocenters. The molecule has 2 heterocycles. The van der Waals surface area contributed by atoms with Gasteiger partial charge in [0.15, 0.2) is 0 Å². The second kappa shape index (κ2) is 5.33. The number of hydrazine groups is 1. The molecule has 2 aromatic heterocycles. The Balaban J connectivity index is 2.06. The van der Waals surface area contributed by atoms with Crippen molar-refractivity contribution in [3.8, 4) is 0 Å². The van der Waals surface area contributed by atoms with Gasteiger partial charge in [0.25, 0.3) is 0 Å². The van der Waals surface area contributed by atoms with E-state index in [2.05, 4.69) is 53.4 Å². The second-order valence-electron chi connectivity index (χ2n) is 4.90. The van der Waals surface area contributed by atoms with Crippen molar-refractivity contribution >= 4 is 38.2 Å². The Morgan fingerprint density at radius 1 is 1.25 bits per heavy atom. The molecule has 20 heavy (non-hydrogen) atoms. The summed E-state index contributed by atoms with van der Waals surface area (Å²) in [5, 5.41) is 1.10.